The molecule has 312 valence electrons. The molecule has 0 amide bonds. The maximum Gasteiger partial charge on any atom is 0.311 e. The zero-order valence-electron chi connectivity index (χ0n) is 34.4. The summed E-state index contributed by atoms with van der Waals surface area (Å²) in [5.41, 5.74) is -0.903. The van der Waals surface area contributed by atoms with Crippen molar-refractivity contribution < 1.29 is 57.7 Å². The summed E-state index contributed by atoms with van der Waals surface area (Å²) in [4.78, 5) is 13.2. The van der Waals surface area contributed by atoms with Crippen molar-refractivity contribution in [1.82, 2.24) is 0 Å². The lowest BCUT2D eigenvalue weighted by Gasteiger charge is -2.49. The van der Waals surface area contributed by atoms with Gasteiger partial charge < -0.3 is 48.5 Å². The molecule has 5 aliphatic rings. The van der Waals surface area contributed by atoms with Crippen molar-refractivity contribution in [2.75, 3.05) is 13.7 Å². The number of carbonyl (C=O) groups excluding carboxylic acids is 1. The molecule has 5 heterocycles. The van der Waals surface area contributed by atoms with Gasteiger partial charge in [-0.05, 0) is 70.3 Å². The highest BCUT2D eigenvalue weighted by Crippen LogP contribution is 2.55. The first-order chi connectivity index (χ1) is 25.9. The number of esters is 1. The highest BCUT2D eigenvalue weighted by molar-refractivity contribution is 5.72. The van der Waals surface area contributed by atoms with Gasteiger partial charge in [-0.15, -0.1) is 0 Å². The van der Waals surface area contributed by atoms with Gasteiger partial charge in [-0.3, -0.25) is 4.79 Å². The van der Waals surface area contributed by atoms with Crippen molar-refractivity contribution in [3.63, 3.8) is 0 Å². The number of aliphatic hydroxyl groups is 3. The van der Waals surface area contributed by atoms with Crippen LogP contribution in [0.15, 0.2) is 24.3 Å². The summed E-state index contributed by atoms with van der Waals surface area (Å²) in [6, 6.07) is 6.21. The monoisotopic (exact) mass is 778 g/mol. The Kier molecular flexibility index (Phi) is 12.8. The first kappa shape index (κ1) is 42.9. The average molecular weight is 779 g/mol. The summed E-state index contributed by atoms with van der Waals surface area (Å²) < 4.78 is 59.7. The molecule has 3 N–H and O–H groups in total. The van der Waals surface area contributed by atoms with Gasteiger partial charge in [0.25, 0.3) is 0 Å². The second-order valence-corrected chi connectivity index (χ2v) is 18.2. The SMILES string of the molecule is CC[C@@]1([C@@H]2O[C@@H]([C@H]3O[C@@](O)(CO)[C@H](C)C[C@@H]3C)C[C@@H]2C)CC[C@H]([C@]2(C)CC[C@]3(C[C@H](O)[C@@H](C)[C@@H]([C@@H](C)[C@@H](OC)[C@H](C)C(=O)OCc4ccccc4F)O3)O2)O1. The molecular weight excluding hydrogens is 711 g/mol. The van der Waals surface area contributed by atoms with Gasteiger partial charge in [0.05, 0.1) is 66.5 Å². The van der Waals surface area contributed by atoms with E-state index < -0.39 is 65.4 Å². The maximum absolute atomic E-state index is 14.2. The minimum absolute atomic E-state index is 0.163. The maximum atomic E-state index is 14.2. The Bertz CT molecular complexity index is 1480. The van der Waals surface area contributed by atoms with E-state index in [0.29, 0.717) is 24.8 Å². The van der Waals surface area contributed by atoms with Crippen molar-refractivity contribution in [2.45, 2.75) is 179 Å². The molecule has 11 nitrogen and oxygen atoms in total. The van der Waals surface area contributed by atoms with E-state index in [4.69, 9.17) is 33.2 Å². The number of rotatable bonds is 12. The third-order valence-corrected chi connectivity index (χ3v) is 14.4. The minimum Gasteiger partial charge on any atom is -0.460 e. The Morgan fingerprint density at radius 3 is 2.44 bits per heavy atom. The lowest BCUT2D eigenvalue weighted by molar-refractivity contribution is -0.336. The van der Waals surface area contributed by atoms with E-state index in [1.165, 1.54) is 6.07 Å². The van der Waals surface area contributed by atoms with Crippen LogP contribution in [0, 0.1) is 41.3 Å². The molecule has 5 aliphatic heterocycles. The third-order valence-electron chi connectivity index (χ3n) is 14.4. The van der Waals surface area contributed by atoms with Crippen molar-refractivity contribution in [1.29, 1.82) is 0 Å². The van der Waals surface area contributed by atoms with Crippen molar-refractivity contribution in [2.24, 2.45) is 35.5 Å². The molecule has 1 spiro atoms. The van der Waals surface area contributed by atoms with E-state index in [0.717, 1.165) is 32.1 Å². The number of hydrogen-bond acceptors (Lipinski definition) is 11. The third kappa shape index (κ3) is 8.15. The topological polar surface area (TPSA) is 142 Å². The smallest absolute Gasteiger partial charge is 0.311 e. The summed E-state index contributed by atoms with van der Waals surface area (Å²) in [6.07, 6.45) is 2.70. The highest BCUT2D eigenvalue weighted by atomic mass is 19.1. The van der Waals surface area contributed by atoms with Crippen molar-refractivity contribution >= 4 is 5.97 Å². The molecule has 17 atom stereocenters. The molecule has 0 aromatic heterocycles. The number of benzene rings is 1. The van der Waals surface area contributed by atoms with Crippen molar-refractivity contribution in [3.05, 3.63) is 35.6 Å². The number of carbonyl (C=O) groups is 1. The molecule has 0 bridgehead atoms. The Balaban J connectivity index is 1.11. The molecule has 5 saturated heterocycles. The van der Waals surface area contributed by atoms with Crippen LogP contribution in [0.4, 0.5) is 4.39 Å². The van der Waals surface area contributed by atoms with Crippen LogP contribution in [0.2, 0.25) is 0 Å². The Morgan fingerprint density at radius 1 is 1.04 bits per heavy atom. The van der Waals surface area contributed by atoms with E-state index in [2.05, 4.69) is 27.7 Å². The van der Waals surface area contributed by atoms with Gasteiger partial charge in [0.2, 0.25) is 0 Å². The summed E-state index contributed by atoms with van der Waals surface area (Å²) in [5, 5.41) is 32.5. The normalized spacial score (nSPS) is 45.1. The molecule has 1 aromatic carbocycles. The molecule has 12 heteroatoms. The van der Waals surface area contributed by atoms with Crippen LogP contribution in [0.25, 0.3) is 0 Å². The Hall–Kier alpha value is -1.74. The molecule has 6 rings (SSSR count). The van der Waals surface area contributed by atoms with Crippen LogP contribution >= 0.6 is 0 Å². The van der Waals surface area contributed by atoms with E-state index in [-0.39, 0.29) is 60.6 Å². The molecule has 0 radical (unpaired) electrons. The number of aliphatic hydroxyl groups excluding tert-OH is 2. The molecule has 0 unspecified atom stereocenters. The standard InChI is InChI=1S/C43H67FO11/c1-10-41(38-25(3)20-33(51-38)35-24(2)19-26(4)43(48,23-45)54-35)16-15-34(52-41)40(8)17-18-42(55-40)21-32(46)27(5)37(53-42)28(6)36(49-9)29(7)39(47)50-22-30-13-11-12-14-31(30)44/h11-14,24-29,32-38,45-46,48H,10,15-23H2,1-9H3/t24-,25-,26+,27+,28-,29-,32-,33+,34+,35-,36+,37-,38+,40-,41-,42+,43-/m0/s1. The van der Waals surface area contributed by atoms with Gasteiger partial charge in [-0.25, -0.2) is 4.39 Å². The molecule has 55 heavy (non-hydrogen) atoms. The lowest BCUT2D eigenvalue weighted by Crippen LogP contribution is -2.57. The number of halogens is 1. The fraction of sp³-hybridized carbons (Fsp3) is 0.837. The van der Waals surface area contributed by atoms with E-state index in [1.807, 2.05) is 20.8 Å². The van der Waals surface area contributed by atoms with Gasteiger partial charge in [0, 0.05) is 43.3 Å². The van der Waals surface area contributed by atoms with Gasteiger partial charge in [0.1, 0.15) is 12.4 Å². The number of methoxy groups -OCH3 is 1. The van der Waals surface area contributed by atoms with E-state index in [1.54, 1.807) is 32.2 Å². The second-order valence-electron chi connectivity index (χ2n) is 18.2. The summed E-state index contributed by atoms with van der Waals surface area (Å²) in [7, 11) is 1.55. The van der Waals surface area contributed by atoms with Crippen LogP contribution in [-0.4, -0.2) is 101 Å². The quantitative estimate of drug-likeness (QED) is 0.213. The number of hydrogen-bond donors (Lipinski definition) is 3. The summed E-state index contributed by atoms with van der Waals surface area (Å²) >= 11 is 0. The van der Waals surface area contributed by atoms with Gasteiger partial charge in [-0.2, -0.15) is 0 Å². The first-order valence-corrected chi connectivity index (χ1v) is 20.8. The van der Waals surface area contributed by atoms with Gasteiger partial charge in [-0.1, -0.05) is 59.7 Å². The zero-order chi connectivity index (χ0) is 40.1. The van der Waals surface area contributed by atoms with Crippen LogP contribution < -0.4 is 0 Å². The molecule has 5 fully saturated rings. The zero-order valence-corrected chi connectivity index (χ0v) is 34.4. The largest absolute Gasteiger partial charge is 0.460 e. The van der Waals surface area contributed by atoms with Crippen LogP contribution in [0.3, 0.4) is 0 Å². The van der Waals surface area contributed by atoms with E-state index >= 15 is 0 Å². The van der Waals surface area contributed by atoms with E-state index in [9.17, 15) is 24.5 Å². The first-order valence-electron chi connectivity index (χ1n) is 20.8. The Labute approximate surface area is 326 Å². The predicted molar refractivity (Wildman–Crippen MR) is 201 cm³/mol. The average Bonchev–Trinajstić information content (AvgIpc) is 3.87. The molecule has 1 aromatic rings. The summed E-state index contributed by atoms with van der Waals surface area (Å²) in [5.74, 6) is -4.64. The second kappa shape index (κ2) is 16.5. The molecule has 0 aliphatic carbocycles. The summed E-state index contributed by atoms with van der Waals surface area (Å²) in [6.45, 7) is 15.5. The lowest BCUT2D eigenvalue weighted by atomic mass is 9.78. The van der Waals surface area contributed by atoms with Crippen molar-refractivity contribution in [3.8, 4) is 0 Å². The van der Waals surface area contributed by atoms with Crippen LogP contribution in [0.5, 0.6) is 0 Å². The fourth-order valence-corrected chi connectivity index (χ4v) is 10.8. The van der Waals surface area contributed by atoms with Crippen LogP contribution in [-0.2, 0) is 44.6 Å². The molecule has 0 saturated carbocycles. The minimum atomic E-state index is -1.58. The fourth-order valence-electron chi connectivity index (χ4n) is 10.8. The van der Waals surface area contributed by atoms with Gasteiger partial charge in [0.15, 0.2) is 11.6 Å². The Morgan fingerprint density at radius 2 is 1.76 bits per heavy atom. The van der Waals surface area contributed by atoms with Gasteiger partial charge >= 0.3 is 5.97 Å². The highest BCUT2D eigenvalue weighted by Gasteiger charge is 2.62. The number of ether oxygens (including phenoxy) is 7. The van der Waals surface area contributed by atoms with Crippen LogP contribution in [0.1, 0.15) is 112 Å². The predicted octanol–water partition coefficient (Wildman–Crippen LogP) is 6.07. The molecular formula is C43H67FO11.